The van der Waals surface area contributed by atoms with Gasteiger partial charge in [0.25, 0.3) is 5.91 Å². The fraction of sp³-hybridized carbons (Fsp3) is 0.357. The van der Waals surface area contributed by atoms with E-state index >= 15 is 0 Å². The van der Waals surface area contributed by atoms with Gasteiger partial charge in [0.05, 0.1) is 5.69 Å². The zero-order valence-electron chi connectivity index (χ0n) is 10.6. The zero-order chi connectivity index (χ0) is 13.6. The Balaban J connectivity index is 1.94. The maximum Gasteiger partial charge on any atom is 0.265 e. The molecule has 1 aromatic heterocycles. The van der Waals surface area contributed by atoms with E-state index in [4.69, 9.17) is 17.3 Å². The molecule has 0 bridgehead atoms. The van der Waals surface area contributed by atoms with Crippen LogP contribution in [0.25, 0.3) is 10.1 Å². The molecule has 1 aliphatic rings. The van der Waals surface area contributed by atoms with E-state index in [-0.39, 0.29) is 5.91 Å². The molecule has 1 aliphatic carbocycles. The fourth-order valence-electron chi connectivity index (χ4n) is 2.19. The summed E-state index contributed by atoms with van der Waals surface area (Å²) in [5.74, 6) is 0.695. The Kier molecular flexibility index (Phi) is 3.15. The highest BCUT2D eigenvalue weighted by molar-refractivity contribution is 7.21. The summed E-state index contributed by atoms with van der Waals surface area (Å²) in [6.07, 6.45) is 2.46. The summed E-state index contributed by atoms with van der Waals surface area (Å²) in [5, 5.41) is 1.58. The molecule has 19 heavy (non-hydrogen) atoms. The van der Waals surface area contributed by atoms with Gasteiger partial charge in [-0.3, -0.25) is 4.79 Å². The smallest absolute Gasteiger partial charge is 0.265 e. The topological polar surface area (TPSA) is 46.3 Å². The summed E-state index contributed by atoms with van der Waals surface area (Å²) < 4.78 is 0.966. The number of hydrogen-bond acceptors (Lipinski definition) is 3. The SMILES string of the molecule is CN(CC1CC1)C(=O)c1sc2cc(Cl)ccc2c1N. The molecule has 3 rings (SSSR count). The van der Waals surface area contributed by atoms with Gasteiger partial charge in [0.1, 0.15) is 4.88 Å². The van der Waals surface area contributed by atoms with Crippen LogP contribution in [0.3, 0.4) is 0 Å². The molecule has 0 unspecified atom stereocenters. The first-order valence-corrected chi connectivity index (χ1v) is 7.48. The van der Waals surface area contributed by atoms with Crippen molar-refractivity contribution in [2.75, 3.05) is 19.3 Å². The van der Waals surface area contributed by atoms with E-state index in [1.807, 2.05) is 19.2 Å². The van der Waals surface area contributed by atoms with Crippen LogP contribution < -0.4 is 5.73 Å². The average Bonchev–Trinajstić information content (AvgIpc) is 3.12. The second-order valence-corrected chi connectivity index (χ2v) is 6.60. The summed E-state index contributed by atoms with van der Waals surface area (Å²) in [6.45, 7) is 0.827. The normalized spacial score (nSPS) is 14.8. The molecule has 0 atom stereocenters. The van der Waals surface area contributed by atoms with Crippen LogP contribution in [0, 0.1) is 5.92 Å². The van der Waals surface area contributed by atoms with Crippen molar-refractivity contribution in [2.45, 2.75) is 12.8 Å². The van der Waals surface area contributed by atoms with Gasteiger partial charge in [0, 0.05) is 28.7 Å². The third kappa shape index (κ3) is 2.42. The van der Waals surface area contributed by atoms with Gasteiger partial charge in [-0.25, -0.2) is 0 Å². The molecule has 0 spiro atoms. The van der Waals surface area contributed by atoms with Gasteiger partial charge < -0.3 is 10.6 Å². The lowest BCUT2D eigenvalue weighted by molar-refractivity contribution is 0.0794. The van der Waals surface area contributed by atoms with Crippen molar-refractivity contribution in [2.24, 2.45) is 5.92 Å². The van der Waals surface area contributed by atoms with Gasteiger partial charge in [0.2, 0.25) is 0 Å². The summed E-state index contributed by atoms with van der Waals surface area (Å²) in [6, 6.07) is 5.53. The first kappa shape index (κ1) is 12.8. The van der Waals surface area contributed by atoms with Crippen molar-refractivity contribution < 1.29 is 4.79 Å². The number of hydrogen-bond donors (Lipinski definition) is 1. The molecule has 2 aromatic rings. The predicted octanol–water partition coefficient (Wildman–Crippen LogP) is 3.62. The molecule has 0 saturated heterocycles. The first-order valence-electron chi connectivity index (χ1n) is 6.29. The maximum atomic E-state index is 12.4. The molecular formula is C14H15ClN2OS. The third-order valence-corrected chi connectivity index (χ3v) is 4.85. The molecule has 100 valence electrons. The van der Waals surface area contributed by atoms with E-state index in [0.29, 0.717) is 21.5 Å². The summed E-state index contributed by atoms with van der Waals surface area (Å²) >= 11 is 7.39. The van der Waals surface area contributed by atoms with Crippen molar-refractivity contribution >= 4 is 44.6 Å². The van der Waals surface area contributed by atoms with Crippen LogP contribution in [0.4, 0.5) is 5.69 Å². The van der Waals surface area contributed by atoms with Crippen LogP contribution in [-0.2, 0) is 0 Å². The number of anilines is 1. The lowest BCUT2D eigenvalue weighted by Crippen LogP contribution is -2.28. The first-order chi connectivity index (χ1) is 9.06. The number of thiophene rings is 1. The Morgan fingerprint density at radius 3 is 2.95 bits per heavy atom. The van der Waals surface area contributed by atoms with E-state index in [1.54, 1.807) is 11.0 Å². The highest BCUT2D eigenvalue weighted by atomic mass is 35.5. The van der Waals surface area contributed by atoms with Crippen LogP contribution in [-0.4, -0.2) is 24.4 Å². The van der Waals surface area contributed by atoms with Crippen molar-refractivity contribution in [3.63, 3.8) is 0 Å². The second kappa shape index (κ2) is 4.69. The average molecular weight is 295 g/mol. The van der Waals surface area contributed by atoms with Crippen LogP contribution in [0.1, 0.15) is 22.5 Å². The molecule has 1 aromatic carbocycles. The molecule has 0 aliphatic heterocycles. The predicted molar refractivity (Wildman–Crippen MR) is 80.9 cm³/mol. The fourth-order valence-corrected chi connectivity index (χ4v) is 3.59. The minimum absolute atomic E-state index is 0.0155. The summed E-state index contributed by atoms with van der Waals surface area (Å²) in [7, 11) is 1.84. The number of nitrogen functional groups attached to an aromatic ring is 1. The standard InChI is InChI=1S/C14H15ClN2OS/c1-17(7-8-2-3-8)14(18)13-12(16)10-5-4-9(15)6-11(10)19-13/h4-6,8H,2-3,7,16H2,1H3. The number of halogens is 1. The molecule has 1 amide bonds. The number of nitrogens with two attached hydrogens (primary N) is 1. The lowest BCUT2D eigenvalue weighted by atomic mass is 10.2. The van der Waals surface area contributed by atoms with E-state index in [0.717, 1.165) is 16.6 Å². The van der Waals surface area contributed by atoms with Crippen molar-refractivity contribution in [3.05, 3.63) is 28.1 Å². The Morgan fingerprint density at radius 1 is 1.53 bits per heavy atom. The molecule has 2 N–H and O–H groups in total. The minimum Gasteiger partial charge on any atom is -0.397 e. The van der Waals surface area contributed by atoms with Gasteiger partial charge in [-0.15, -0.1) is 11.3 Å². The largest absolute Gasteiger partial charge is 0.397 e. The molecule has 1 saturated carbocycles. The molecule has 3 nitrogen and oxygen atoms in total. The maximum absolute atomic E-state index is 12.4. The molecule has 1 heterocycles. The van der Waals surface area contributed by atoms with E-state index in [2.05, 4.69) is 0 Å². The van der Waals surface area contributed by atoms with Crippen molar-refractivity contribution in [1.82, 2.24) is 4.90 Å². The second-order valence-electron chi connectivity index (χ2n) is 5.11. The van der Waals surface area contributed by atoms with Gasteiger partial charge in [-0.1, -0.05) is 11.6 Å². The monoisotopic (exact) mass is 294 g/mol. The number of amides is 1. The number of nitrogens with zero attached hydrogens (tertiary/aromatic N) is 1. The Hall–Kier alpha value is -1.26. The molecular weight excluding hydrogens is 280 g/mol. The highest BCUT2D eigenvalue weighted by Crippen LogP contribution is 2.36. The van der Waals surface area contributed by atoms with E-state index < -0.39 is 0 Å². The van der Waals surface area contributed by atoms with Crippen molar-refractivity contribution in [3.8, 4) is 0 Å². The minimum atomic E-state index is 0.0155. The van der Waals surface area contributed by atoms with Gasteiger partial charge >= 0.3 is 0 Å². The number of fused-ring (bicyclic) bond motifs is 1. The van der Waals surface area contributed by atoms with E-state index in [9.17, 15) is 4.79 Å². The molecule has 5 heteroatoms. The Morgan fingerprint density at radius 2 is 2.26 bits per heavy atom. The van der Waals surface area contributed by atoms with Crippen LogP contribution in [0.2, 0.25) is 5.02 Å². The number of carbonyl (C=O) groups is 1. The third-order valence-electron chi connectivity index (χ3n) is 3.46. The molecule has 1 fully saturated rings. The van der Waals surface area contributed by atoms with Crippen LogP contribution in [0.15, 0.2) is 18.2 Å². The van der Waals surface area contributed by atoms with Gasteiger partial charge in [0.15, 0.2) is 0 Å². The van der Waals surface area contributed by atoms with Crippen LogP contribution in [0.5, 0.6) is 0 Å². The van der Waals surface area contributed by atoms with Crippen molar-refractivity contribution in [1.29, 1.82) is 0 Å². The summed E-state index contributed by atoms with van der Waals surface area (Å²) in [5.41, 5.74) is 6.67. The lowest BCUT2D eigenvalue weighted by Gasteiger charge is -2.15. The Bertz CT molecular complexity index is 648. The number of benzene rings is 1. The quantitative estimate of drug-likeness (QED) is 0.940. The number of carbonyl (C=O) groups excluding carboxylic acids is 1. The number of rotatable bonds is 3. The van der Waals surface area contributed by atoms with Gasteiger partial charge in [-0.2, -0.15) is 0 Å². The van der Waals surface area contributed by atoms with Crippen LogP contribution >= 0.6 is 22.9 Å². The van der Waals surface area contributed by atoms with E-state index in [1.165, 1.54) is 24.2 Å². The highest BCUT2D eigenvalue weighted by Gasteiger charge is 2.27. The Labute approximate surface area is 121 Å². The van der Waals surface area contributed by atoms with Gasteiger partial charge in [-0.05, 0) is 37.0 Å². The molecule has 0 radical (unpaired) electrons. The summed E-state index contributed by atoms with van der Waals surface area (Å²) in [4.78, 5) is 14.8. The zero-order valence-corrected chi connectivity index (χ0v) is 12.2.